The second-order valence-corrected chi connectivity index (χ2v) is 4.52. The predicted molar refractivity (Wildman–Crippen MR) is 68.5 cm³/mol. The van der Waals surface area contributed by atoms with Crippen molar-refractivity contribution in [2.75, 3.05) is 33.4 Å². The fraction of sp³-hybridized carbons (Fsp3) is 0.833. The van der Waals surface area contributed by atoms with E-state index in [2.05, 4.69) is 5.32 Å². The van der Waals surface area contributed by atoms with Gasteiger partial charge in [0.05, 0.1) is 12.5 Å². The van der Waals surface area contributed by atoms with E-state index in [9.17, 15) is 9.59 Å². The molecule has 0 aromatic rings. The van der Waals surface area contributed by atoms with E-state index in [4.69, 9.17) is 9.84 Å². The Morgan fingerprint density at radius 3 is 2.44 bits per heavy atom. The number of urea groups is 1. The van der Waals surface area contributed by atoms with Gasteiger partial charge >= 0.3 is 12.0 Å². The summed E-state index contributed by atoms with van der Waals surface area (Å²) in [5.74, 6) is -1.23. The summed E-state index contributed by atoms with van der Waals surface area (Å²) in [5, 5.41) is 11.6. The molecule has 0 aliphatic carbocycles. The fourth-order valence-corrected chi connectivity index (χ4v) is 1.48. The van der Waals surface area contributed by atoms with Crippen LogP contribution in [0.3, 0.4) is 0 Å². The lowest BCUT2D eigenvalue weighted by Crippen LogP contribution is -2.44. The molecule has 0 aromatic carbocycles. The van der Waals surface area contributed by atoms with E-state index >= 15 is 0 Å². The van der Waals surface area contributed by atoms with Crippen LogP contribution in [0.15, 0.2) is 0 Å². The largest absolute Gasteiger partial charge is 0.481 e. The molecule has 0 saturated carbocycles. The Morgan fingerprint density at radius 1 is 1.39 bits per heavy atom. The van der Waals surface area contributed by atoms with Crippen LogP contribution in [0.5, 0.6) is 0 Å². The number of ether oxygens (including phenoxy) is 1. The minimum Gasteiger partial charge on any atom is -0.481 e. The molecule has 0 aliphatic rings. The van der Waals surface area contributed by atoms with Crippen LogP contribution in [0.1, 0.15) is 20.8 Å². The lowest BCUT2D eigenvalue weighted by molar-refractivity contribution is -0.141. The zero-order chi connectivity index (χ0) is 14.1. The molecule has 0 fully saturated rings. The van der Waals surface area contributed by atoms with Gasteiger partial charge in [-0.15, -0.1) is 0 Å². The van der Waals surface area contributed by atoms with E-state index in [0.717, 1.165) is 0 Å². The zero-order valence-corrected chi connectivity index (χ0v) is 11.6. The third-order valence-electron chi connectivity index (χ3n) is 2.64. The van der Waals surface area contributed by atoms with Gasteiger partial charge in [-0.3, -0.25) is 4.79 Å². The number of aliphatic carboxylic acids is 1. The molecule has 0 spiro atoms. The molecule has 0 radical (unpaired) electrons. The summed E-state index contributed by atoms with van der Waals surface area (Å²) < 4.78 is 4.98. The zero-order valence-electron chi connectivity index (χ0n) is 11.6. The minimum absolute atomic E-state index is 0.219. The van der Waals surface area contributed by atoms with Gasteiger partial charge in [0.25, 0.3) is 0 Å². The summed E-state index contributed by atoms with van der Waals surface area (Å²) >= 11 is 0. The Hall–Kier alpha value is -1.30. The Kier molecular flexibility index (Phi) is 8.11. The van der Waals surface area contributed by atoms with E-state index in [1.807, 2.05) is 13.8 Å². The van der Waals surface area contributed by atoms with Gasteiger partial charge in [0.15, 0.2) is 0 Å². The first-order valence-corrected chi connectivity index (χ1v) is 6.16. The SMILES string of the molecule is CCN(CC(C)C(=O)O)C(=O)NCC(C)COC. The van der Waals surface area contributed by atoms with Crippen LogP contribution < -0.4 is 5.32 Å². The molecule has 0 rings (SSSR count). The van der Waals surface area contributed by atoms with E-state index in [1.165, 1.54) is 4.90 Å². The van der Waals surface area contributed by atoms with E-state index < -0.39 is 11.9 Å². The molecule has 0 saturated heterocycles. The van der Waals surface area contributed by atoms with Crippen molar-refractivity contribution in [2.24, 2.45) is 11.8 Å². The molecule has 2 atom stereocenters. The summed E-state index contributed by atoms with van der Waals surface area (Å²) in [5.41, 5.74) is 0. The van der Waals surface area contributed by atoms with Gasteiger partial charge in [-0.25, -0.2) is 4.79 Å². The van der Waals surface area contributed by atoms with Crippen molar-refractivity contribution in [3.63, 3.8) is 0 Å². The topological polar surface area (TPSA) is 78.9 Å². The second-order valence-electron chi connectivity index (χ2n) is 4.52. The van der Waals surface area contributed by atoms with Gasteiger partial charge < -0.3 is 20.1 Å². The molecule has 2 unspecified atom stereocenters. The van der Waals surface area contributed by atoms with Gasteiger partial charge in [0.1, 0.15) is 0 Å². The number of amides is 2. The Balaban J connectivity index is 4.14. The van der Waals surface area contributed by atoms with Crippen LogP contribution in [-0.2, 0) is 9.53 Å². The molecule has 0 aliphatic heterocycles. The summed E-state index contributed by atoms with van der Waals surface area (Å²) in [6.45, 7) is 7.19. The number of carboxylic acids is 1. The summed E-state index contributed by atoms with van der Waals surface area (Å²) in [4.78, 5) is 24.1. The number of hydrogen-bond donors (Lipinski definition) is 2. The van der Waals surface area contributed by atoms with Crippen molar-refractivity contribution in [1.82, 2.24) is 10.2 Å². The summed E-state index contributed by atoms with van der Waals surface area (Å²) in [6, 6.07) is -0.228. The molecule has 0 bridgehead atoms. The van der Waals surface area contributed by atoms with E-state index in [-0.39, 0.29) is 18.5 Å². The highest BCUT2D eigenvalue weighted by atomic mass is 16.5. The molecule has 2 amide bonds. The first kappa shape index (κ1) is 16.7. The van der Waals surface area contributed by atoms with Crippen molar-refractivity contribution < 1.29 is 19.4 Å². The predicted octanol–water partition coefficient (Wildman–Crippen LogP) is 1.02. The van der Waals surface area contributed by atoms with Gasteiger partial charge in [-0.05, 0) is 12.8 Å². The maximum atomic E-state index is 11.8. The quantitative estimate of drug-likeness (QED) is 0.683. The molecule has 0 heterocycles. The number of nitrogens with one attached hydrogen (secondary N) is 1. The third kappa shape index (κ3) is 6.44. The van der Waals surface area contributed by atoms with Crippen LogP contribution in [0.25, 0.3) is 0 Å². The van der Waals surface area contributed by atoms with Crippen molar-refractivity contribution in [1.29, 1.82) is 0 Å². The number of nitrogens with zero attached hydrogens (tertiary/aromatic N) is 1. The molecule has 6 nitrogen and oxygen atoms in total. The van der Waals surface area contributed by atoms with Gasteiger partial charge in [-0.2, -0.15) is 0 Å². The van der Waals surface area contributed by atoms with Gasteiger partial charge in [0.2, 0.25) is 0 Å². The van der Waals surface area contributed by atoms with Crippen LogP contribution >= 0.6 is 0 Å². The normalized spacial score (nSPS) is 13.8. The standard InChI is InChI=1S/C12H24N2O4/c1-5-14(7-10(3)11(15)16)12(17)13-6-9(2)8-18-4/h9-10H,5-8H2,1-4H3,(H,13,17)(H,15,16). The maximum absolute atomic E-state index is 11.8. The van der Waals surface area contributed by atoms with E-state index in [0.29, 0.717) is 19.7 Å². The second kappa shape index (κ2) is 8.74. The number of carboxylic acid groups (broad SMARTS) is 1. The lowest BCUT2D eigenvalue weighted by atomic mass is 10.2. The van der Waals surface area contributed by atoms with Crippen LogP contribution in [0.4, 0.5) is 4.79 Å². The smallest absolute Gasteiger partial charge is 0.317 e. The van der Waals surface area contributed by atoms with Gasteiger partial charge in [0, 0.05) is 26.7 Å². The highest BCUT2D eigenvalue weighted by Crippen LogP contribution is 2.01. The van der Waals surface area contributed by atoms with Crippen molar-refractivity contribution in [3.8, 4) is 0 Å². The van der Waals surface area contributed by atoms with Crippen molar-refractivity contribution in [3.05, 3.63) is 0 Å². The number of methoxy groups -OCH3 is 1. The highest BCUT2D eigenvalue weighted by molar-refractivity contribution is 5.75. The molecule has 6 heteroatoms. The average Bonchev–Trinajstić information content (AvgIpc) is 2.32. The molecular formula is C12H24N2O4. The molecule has 106 valence electrons. The molecule has 18 heavy (non-hydrogen) atoms. The fourth-order valence-electron chi connectivity index (χ4n) is 1.48. The maximum Gasteiger partial charge on any atom is 0.317 e. The number of hydrogen-bond acceptors (Lipinski definition) is 3. The van der Waals surface area contributed by atoms with Gasteiger partial charge in [-0.1, -0.05) is 13.8 Å². The van der Waals surface area contributed by atoms with E-state index in [1.54, 1.807) is 14.0 Å². The van der Waals surface area contributed by atoms with Crippen LogP contribution in [0.2, 0.25) is 0 Å². The minimum atomic E-state index is -0.894. The Bertz CT molecular complexity index is 271. The Labute approximate surface area is 108 Å². The summed E-state index contributed by atoms with van der Waals surface area (Å²) in [7, 11) is 1.62. The third-order valence-corrected chi connectivity index (χ3v) is 2.64. The molecule has 2 N–H and O–H groups in total. The van der Waals surface area contributed by atoms with Crippen molar-refractivity contribution >= 4 is 12.0 Å². The number of carbonyl (C=O) groups is 2. The first-order chi connectivity index (χ1) is 8.42. The molecule has 0 aromatic heterocycles. The van der Waals surface area contributed by atoms with Crippen molar-refractivity contribution in [2.45, 2.75) is 20.8 Å². The first-order valence-electron chi connectivity index (χ1n) is 6.16. The van der Waals surface area contributed by atoms with Crippen LogP contribution in [0, 0.1) is 11.8 Å². The number of rotatable bonds is 8. The lowest BCUT2D eigenvalue weighted by Gasteiger charge is -2.24. The highest BCUT2D eigenvalue weighted by Gasteiger charge is 2.19. The Morgan fingerprint density at radius 2 is 2.00 bits per heavy atom. The van der Waals surface area contributed by atoms with Crippen LogP contribution in [-0.4, -0.2) is 55.4 Å². The average molecular weight is 260 g/mol. The monoisotopic (exact) mass is 260 g/mol. The molecular weight excluding hydrogens is 236 g/mol. The summed E-state index contributed by atoms with van der Waals surface area (Å²) in [6.07, 6.45) is 0. The number of carbonyl (C=O) groups excluding carboxylic acids is 1.